The lowest BCUT2D eigenvalue weighted by Gasteiger charge is -2.33. The summed E-state index contributed by atoms with van der Waals surface area (Å²) in [4.78, 5) is 35.7. The molecule has 1 fully saturated rings. The third-order valence-corrected chi connectivity index (χ3v) is 9.51. The molecule has 2 aromatic carbocycles. The highest BCUT2D eigenvalue weighted by molar-refractivity contribution is 7.89. The van der Waals surface area contributed by atoms with Gasteiger partial charge in [0, 0.05) is 38.3 Å². The van der Waals surface area contributed by atoms with Crippen LogP contribution in [0, 0.1) is 0 Å². The van der Waals surface area contributed by atoms with Crippen LogP contribution in [-0.2, 0) is 14.8 Å². The highest BCUT2D eigenvalue weighted by Crippen LogP contribution is 2.35. The number of methoxy groups -OCH3 is 1. The zero-order chi connectivity index (χ0) is 28.9. The second-order valence-corrected chi connectivity index (χ2v) is 12.5. The van der Waals surface area contributed by atoms with Crippen LogP contribution in [0.3, 0.4) is 0 Å². The Labute approximate surface area is 238 Å². The predicted octanol–water partition coefficient (Wildman–Crippen LogP) is 3.37. The van der Waals surface area contributed by atoms with E-state index >= 15 is 0 Å². The second-order valence-electron chi connectivity index (χ2n) is 9.53. The van der Waals surface area contributed by atoms with Crippen molar-refractivity contribution < 1.29 is 27.5 Å². The summed E-state index contributed by atoms with van der Waals surface area (Å²) in [6, 6.07) is 11.7. The third kappa shape index (κ3) is 6.54. The van der Waals surface area contributed by atoms with Gasteiger partial charge >= 0.3 is 6.09 Å². The number of para-hydroxylation sites is 1. The van der Waals surface area contributed by atoms with Crippen LogP contribution >= 0.6 is 11.3 Å². The number of nitrogens with zero attached hydrogens (tertiary/aromatic N) is 5. The van der Waals surface area contributed by atoms with Crippen LogP contribution in [0.4, 0.5) is 9.93 Å². The number of carbonyl (C=O) groups excluding carboxylic acids is 2. The van der Waals surface area contributed by atoms with E-state index in [1.807, 2.05) is 32.3 Å². The van der Waals surface area contributed by atoms with E-state index in [9.17, 15) is 18.0 Å². The number of piperazine rings is 1. The van der Waals surface area contributed by atoms with Crippen molar-refractivity contribution in [2.75, 3.05) is 72.0 Å². The maximum absolute atomic E-state index is 13.7. The van der Waals surface area contributed by atoms with E-state index < -0.39 is 16.1 Å². The van der Waals surface area contributed by atoms with Gasteiger partial charge in [-0.15, -0.1) is 0 Å². The van der Waals surface area contributed by atoms with Crippen LogP contribution in [0.15, 0.2) is 47.4 Å². The first-order chi connectivity index (χ1) is 19.1. The molecule has 0 bridgehead atoms. The van der Waals surface area contributed by atoms with Crippen molar-refractivity contribution in [1.82, 2.24) is 19.1 Å². The minimum absolute atomic E-state index is 0.0949. The van der Waals surface area contributed by atoms with Crippen molar-refractivity contribution in [3.8, 4) is 5.75 Å². The minimum Gasteiger partial charge on any atom is -0.494 e. The van der Waals surface area contributed by atoms with E-state index in [4.69, 9.17) is 14.5 Å². The molecule has 3 aromatic rings. The molecule has 1 saturated heterocycles. The Balaban J connectivity index is 1.53. The monoisotopic (exact) mass is 589 g/mol. The standard InChI is InChI=1S/C27H35N5O6S2/c1-5-38-27(34)30-16-18-31(19-17-30)40(35,36)21-12-10-20(11-13-21)25(33)32(15-7-14-29(2)3)26-28-24-22(37-4)8-6-9-23(24)39-26/h6,8-13H,5,7,14-19H2,1-4H3. The van der Waals surface area contributed by atoms with Gasteiger partial charge < -0.3 is 19.3 Å². The molecule has 1 aliphatic heterocycles. The largest absolute Gasteiger partial charge is 0.494 e. The Hall–Kier alpha value is -3.26. The number of anilines is 1. The van der Waals surface area contributed by atoms with Crippen LogP contribution in [0.2, 0.25) is 0 Å². The van der Waals surface area contributed by atoms with Crippen molar-refractivity contribution in [2.45, 2.75) is 18.2 Å². The number of ether oxygens (including phenoxy) is 2. The van der Waals surface area contributed by atoms with Crippen LogP contribution < -0.4 is 9.64 Å². The van der Waals surface area contributed by atoms with Crippen LogP contribution in [0.1, 0.15) is 23.7 Å². The Morgan fingerprint density at radius 2 is 1.73 bits per heavy atom. The van der Waals surface area contributed by atoms with E-state index in [2.05, 4.69) is 4.90 Å². The number of hydrogen-bond acceptors (Lipinski definition) is 9. The summed E-state index contributed by atoms with van der Waals surface area (Å²) in [5.74, 6) is 0.377. The number of hydrogen-bond donors (Lipinski definition) is 0. The summed E-state index contributed by atoms with van der Waals surface area (Å²) in [5.41, 5.74) is 1.06. The Morgan fingerprint density at radius 3 is 2.35 bits per heavy atom. The highest BCUT2D eigenvalue weighted by Gasteiger charge is 2.31. The van der Waals surface area contributed by atoms with Gasteiger partial charge in [-0.25, -0.2) is 18.2 Å². The van der Waals surface area contributed by atoms with Gasteiger partial charge in [0.15, 0.2) is 5.13 Å². The normalized spacial score (nSPS) is 14.5. The Morgan fingerprint density at radius 1 is 1.02 bits per heavy atom. The van der Waals surface area contributed by atoms with Crippen molar-refractivity contribution in [2.24, 2.45) is 0 Å². The summed E-state index contributed by atoms with van der Waals surface area (Å²) in [5, 5.41) is 0.555. The molecule has 4 rings (SSSR count). The number of thiazole rings is 1. The highest BCUT2D eigenvalue weighted by atomic mass is 32.2. The fourth-order valence-corrected chi connectivity index (χ4v) is 6.85. The van der Waals surface area contributed by atoms with Gasteiger partial charge in [-0.1, -0.05) is 17.4 Å². The van der Waals surface area contributed by atoms with E-state index in [1.165, 1.54) is 44.8 Å². The summed E-state index contributed by atoms with van der Waals surface area (Å²) in [6.45, 7) is 4.08. The number of carbonyl (C=O) groups is 2. The van der Waals surface area contributed by atoms with Gasteiger partial charge in [-0.05, 0) is 70.4 Å². The van der Waals surface area contributed by atoms with E-state index in [0.717, 1.165) is 17.7 Å². The lowest BCUT2D eigenvalue weighted by molar-refractivity contribution is 0.0933. The molecule has 2 amide bonds. The number of fused-ring (bicyclic) bond motifs is 1. The number of amides is 2. The molecule has 1 aromatic heterocycles. The second kappa shape index (κ2) is 12.9. The number of aromatic nitrogens is 1. The molecular weight excluding hydrogens is 554 g/mol. The topological polar surface area (TPSA) is 113 Å². The minimum atomic E-state index is -3.79. The summed E-state index contributed by atoms with van der Waals surface area (Å²) < 4.78 is 39.2. The number of rotatable bonds is 10. The zero-order valence-corrected chi connectivity index (χ0v) is 24.8. The maximum atomic E-state index is 13.7. The third-order valence-electron chi connectivity index (χ3n) is 6.56. The molecule has 0 spiro atoms. The van der Waals surface area contributed by atoms with E-state index in [-0.39, 0.29) is 43.6 Å². The van der Waals surface area contributed by atoms with Crippen molar-refractivity contribution in [1.29, 1.82) is 0 Å². The van der Waals surface area contributed by atoms with Crippen molar-refractivity contribution >= 4 is 48.7 Å². The van der Waals surface area contributed by atoms with Gasteiger partial charge in [0.1, 0.15) is 11.3 Å². The van der Waals surface area contributed by atoms with Gasteiger partial charge in [0.2, 0.25) is 10.0 Å². The molecule has 11 nitrogen and oxygen atoms in total. The molecule has 0 aliphatic carbocycles. The molecule has 0 saturated carbocycles. The van der Waals surface area contributed by atoms with Crippen LogP contribution in [0.5, 0.6) is 5.75 Å². The lowest BCUT2D eigenvalue weighted by atomic mass is 10.2. The summed E-state index contributed by atoms with van der Waals surface area (Å²) >= 11 is 1.41. The van der Waals surface area contributed by atoms with Crippen molar-refractivity contribution in [3.63, 3.8) is 0 Å². The van der Waals surface area contributed by atoms with Gasteiger partial charge in [0.05, 0.1) is 23.3 Å². The molecule has 0 atom stereocenters. The van der Waals surface area contributed by atoms with Gasteiger partial charge in [0.25, 0.3) is 5.91 Å². The first-order valence-electron chi connectivity index (χ1n) is 13.1. The van der Waals surface area contributed by atoms with Crippen LogP contribution in [0.25, 0.3) is 10.2 Å². The first kappa shape index (κ1) is 29.7. The fourth-order valence-electron chi connectivity index (χ4n) is 4.42. The van der Waals surface area contributed by atoms with E-state index in [0.29, 0.717) is 28.5 Å². The smallest absolute Gasteiger partial charge is 0.409 e. The quantitative estimate of drug-likeness (QED) is 0.354. The molecular formula is C27H35N5O6S2. The molecule has 40 heavy (non-hydrogen) atoms. The average molecular weight is 590 g/mol. The average Bonchev–Trinajstić information content (AvgIpc) is 3.39. The SMILES string of the molecule is CCOC(=O)N1CCN(S(=O)(=O)c2ccc(C(=O)N(CCCN(C)C)c3nc4c(OC)cccc4s3)cc2)CC1. The van der Waals surface area contributed by atoms with Gasteiger partial charge in [-0.2, -0.15) is 4.31 Å². The molecule has 13 heteroatoms. The molecule has 216 valence electrons. The van der Waals surface area contributed by atoms with Crippen molar-refractivity contribution in [3.05, 3.63) is 48.0 Å². The number of benzene rings is 2. The molecule has 0 radical (unpaired) electrons. The maximum Gasteiger partial charge on any atom is 0.409 e. The summed E-state index contributed by atoms with van der Waals surface area (Å²) in [6.07, 6.45) is 0.292. The summed E-state index contributed by atoms with van der Waals surface area (Å²) in [7, 11) is 1.75. The van der Waals surface area contributed by atoms with Gasteiger partial charge in [-0.3, -0.25) is 9.69 Å². The molecule has 2 heterocycles. The fraction of sp³-hybridized carbons (Fsp3) is 0.444. The lowest BCUT2D eigenvalue weighted by Crippen LogP contribution is -2.50. The molecule has 0 N–H and O–H groups in total. The number of sulfonamides is 1. The molecule has 1 aliphatic rings. The Kier molecular flexibility index (Phi) is 9.61. The predicted molar refractivity (Wildman–Crippen MR) is 155 cm³/mol. The zero-order valence-electron chi connectivity index (χ0n) is 23.2. The molecule has 0 unspecified atom stereocenters. The van der Waals surface area contributed by atoms with E-state index in [1.54, 1.807) is 18.9 Å². The first-order valence-corrected chi connectivity index (χ1v) is 15.3. The van der Waals surface area contributed by atoms with Crippen LogP contribution in [-0.4, -0.2) is 107 Å². The Bertz CT molecular complexity index is 1430.